The largest absolute Gasteiger partial charge is 0.393 e. The van der Waals surface area contributed by atoms with E-state index in [-0.39, 0.29) is 16.9 Å². The Hall–Kier alpha value is -0.820. The molecule has 1 saturated carbocycles. The summed E-state index contributed by atoms with van der Waals surface area (Å²) in [5.74, 6) is 1.28. The van der Waals surface area contributed by atoms with E-state index in [1.807, 2.05) is 0 Å². The highest BCUT2D eigenvalue weighted by Gasteiger charge is 2.52. The summed E-state index contributed by atoms with van der Waals surface area (Å²) < 4.78 is 0. The molecule has 0 amide bonds. The van der Waals surface area contributed by atoms with Crippen LogP contribution in [0.4, 0.5) is 0 Å². The van der Waals surface area contributed by atoms with Crippen LogP contribution in [0.3, 0.4) is 0 Å². The molecule has 0 heterocycles. The summed E-state index contributed by atoms with van der Waals surface area (Å²) in [4.78, 5) is 0. The third kappa shape index (κ3) is 2.34. The zero-order chi connectivity index (χ0) is 15.4. The van der Waals surface area contributed by atoms with Crippen LogP contribution in [-0.4, -0.2) is 11.2 Å². The Labute approximate surface area is 129 Å². The molecular weight excluding hydrogens is 256 g/mol. The van der Waals surface area contributed by atoms with Crippen molar-refractivity contribution in [2.75, 3.05) is 0 Å². The molecule has 1 nitrogen and oxygen atoms in total. The second-order valence-electron chi connectivity index (χ2n) is 8.63. The Balaban J connectivity index is 2.08. The summed E-state index contributed by atoms with van der Waals surface area (Å²) in [5, 5.41) is 10.4. The van der Waals surface area contributed by atoms with Crippen molar-refractivity contribution in [2.24, 2.45) is 11.3 Å². The molecule has 0 radical (unpaired) electrons. The van der Waals surface area contributed by atoms with Gasteiger partial charge in [-0.3, -0.25) is 0 Å². The summed E-state index contributed by atoms with van der Waals surface area (Å²) in [7, 11) is 0. The fourth-order valence-corrected chi connectivity index (χ4v) is 5.36. The number of benzene rings is 1. The number of aliphatic hydroxyl groups excluding tert-OH is 1. The summed E-state index contributed by atoms with van der Waals surface area (Å²) in [6, 6.07) is 7.10. The van der Waals surface area contributed by atoms with Crippen LogP contribution in [-0.2, 0) is 11.8 Å². The monoisotopic (exact) mass is 286 g/mol. The topological polar surface area (TPSA) is 20.2 Å². The predicted molar refractivity (Wildman–Crippen MR) is 88.7 cm³/mol. The minimum absolute atomic E-state index is 0.143. The summed E-state index contributed by atoms with van der Waals surface area (Å²) in [6.07, 6.45) is 4.19. The van der Waals surface area contributed by atoms with Gasteiger partial charge in [-0.15, -0.1) is 0 Å². The highest BCUT2D eigenvalue weighted by Crippen LogP contribution is 2.57. The van der Waals surface area contributed by atoms with Crippen LogP contribution in [0.1, 0.15) is 76.5 Å². The van der Waals surface area contributed by atoms with Crippen molar-refractivity contribution in [3.63, 3.8) is 0 Å². The number of rotatable bonds is 1. The average molecular weight is 286 g/mol. The van der Waals surface area contributed by atoms with E-state index < -0.39 is 0 Å². The van der Waals surface area contributed by atoms with Gasteiger partial charge in [0, 0.05) is 0 Å². The first kappa shape index (κ1) is 15.1. The van der Waals surface area contributed by atoms with E-state index in [0.717, 1.165) is 12.8 Å². The Kier molecular flexibility index (Phi) is 3.48. The smallest absolute Gasteiger partial charge is 0.0554 e. The number of aryl methyl sites for hydroxylation is 1. The number of hydrogen-bond donors (Lipinski definition) is 1. The van der Waals surface area contributed by atoms with Crippen LogP contribution in [0, 0.1) is 11.3 Å². The zero-order valence-corrected chi connectivity index (χ0v) is 14.2. The molecule has 0 spiro atoms. The lowest BCUT2D eigenvalue weighted by Gasteiger charge is -2.55. The molecule has 0 bridgehead atoms. The van der Waals surface area contributed by atoms with Crippen molar-refractivity contribution >= 4 is 0 Å². The van der Waals surface area contributed by atoms with E-state index in [4.69, 9.17) is 0 Å². The van der Waals surface area contributed by atoms with Crippen molar-refractivity contribution in [1.82, 2.24) is 0 Å². The van der Waals surface area contributed by atoms with E-state index in [0.29, 0.717) is 11.8 Å². The Morgan fingerprint density at radius 1 is 1.14 bits per heavy atom. The van der Waals surface area contributed by atoms with Crippen LogP contribution >= 0.6 is 0 Å². The predicted octanol–water partition coefficient (Wildman–Crippen LogP) is 4.81. The molecule has 3 atom stereocenters. The first-order valence-corrected chi connectivity index (χ1v) is 8.55. The fraction of sp³-hybridized carbons (Fsp3) is 0.700. The van der Waals surface area contributed by atoms with Gasteiger partial charge in [0.15, 0.2) is 0 Å². The SMILES string of the molecule is CC(C)c1ccc2c(c1)CC[C@H]1C(C)(C)C[C@H](O)C[C@]21C. The molecule has 1 N–H and O–H groups in total. The minimum atomic E-state index is -0.156. The second-order valence-corrected chi connectivity index (χ2v) is 8.63. The third-order valence-electron chi connectivity index (χ3n) is 6.25. The van der Waals surface area contributed by atoms with Crippen molar-refractivity contribution in [3.05, 3.63) is 34.9 Å². The number of aliphatic hydroxyl groups is 1. The van der Waals surface area contributed by atoms with Gasteiger partial charge in [0.05, 0.1) is 6.10 Å². The van der Waals surface area contributed by atoms with Crippen LogP contribution < -0.4 is 0 Å². The lowest BCUT2D eigenvalue weighted by molar-refractivity contribution is -0.0384. The molecule has 0 aromatic heterocycles. The minimum Gasteiger partial charge on any atom is -0.393 e. The van der Waals surface area contributed by atoms with Crippen molar-refractivity contribution in [3.8, 4) is 0 Å². The van der Waals surface area contributed by atoms with Crippen molar-refractivity contribution < 1.29 is 5.11 Å². The second kappa shape index (κ2) is 4.84. The molecule has 0 aliphatic heterocycles. The standard InChI is InChI=1S/C20H30O/c1-13(2)14-6-8-17-15(10-14)7-9-18-19(3,4)11-16(21)12-20(17,18)5/h6,8,10,13,16,18,21H,7,9,11-12H2,1-5H3/t16-,18-,20+/m0/s1. The van der Waals surface area contributed by atoms with Gasteiger partial charge in [-0.05, 0) is 65.0 Å². The molecule has 0 unspecified atom stereocenters. The van der Waals surface area contributed by atoms with Gasteiger partial charge in [-0.1, -0.05) is 52.8 Å². The van der Waals surface area contributed by atoms with Crippen LogP contribution in [0.2, 0.25) is 0 Å². The summed E-state index contributed by atoms with van der Waals surface area (Å²) in [5.41, 5.74) is 4.87. The first-order valence-electron chi connectivity index (χ1n) is 8.55. The van der Waals surface area contributed by atoms with Gasteiger partial charge >= 0.3 is 0 Å². The Bertz CT molecular complexity index is 543. The molecule has 2 aliphatic rings. The van der Waals surface area contributed by atoms with Gasteiger partial charge in [0.1, 0.15) is 0 Å². The first-order chi connectivity index (χ1) is 9.74. The molecule has 0 saturated heterocycles. The van der Waals surface area contributed by atoms with Gasteiger partial charge < -0.3 is 5.11 Å². The maximum absolute atomic E-state index is 10.4. The molecule has 1 aromatic carbocycles. The van der Waals surface area contributed by atoms with E-state index >= 15 is 0 Å². The maximum atomic E-state index is 10.4. The maximum Gasteiger partial charge on any atom is 0.0554 e. The van der Waals surface area contributed by atoms with E-state index in [2.05, 4.69) is 52.8 Å². The van der Waals surface area contributed by atoms with E-state index in [1.165, 1.54) is 29.5 Å². The molecule has 2 aliphatic carbocycles. The van der Waals surface area contributed by atoms with Gasteiger partial charge in [-0.25, -0.2) is 0 Å². The van der Waals surface area contributed by atoms with Gasteiger partial charge in [0.2, 0.25) is 0 Å². The summed E-state index contributed by atoms with van der Waals surface area (Å²) >= 11 is 0. The van der Waals surface area contributed by atoms with Gasteiger partial charge in [-0.2, -0.15) is 0 Å². The lowest BCUT2D eigenvalue weighted by Crippen LogP contribution is -2.52. The quantitative estimate of drug-likeness (QED) is 0.785. The zero-order valence-electron chi connectivity index (χ0n) is 14.2. The van der Waals surface area contributed by atoms with Crippen LogP contribution in [0.5, 0.6) is 0 Å². The summed E-state index contributed by atoms with van der Waals surface area (Å²) in [6.45, 7) is 11.6. The molecular formula is C20H30O. The highest BCUT2D eigenvalue weighted by molar-refractivity contribution is 5.42. The van der Waals surface area contributed by atoms with Crippen LogP contribution in [0.15, 0.2) is 18.2 Å². The van der Waals surface area contributed by atoms with Crippen molar-refractivity contribution in [2.45, 2.75) is 77.7 Å². The molecule has 3 rings (SSSR count). The third-order valence-corrected chi connectivity index (χ3v) is 6.25. The van der Waals surface area contributed by atoms with Gasteiger partial charge in [0.25, 0.3) is 0 Å². The Morgan fingerprint density at radius 3 is 2.52 bits per heavy atom. The average Bonchev–Trinajstić information content (AvgIpc) is 2.35. The fourth-order valence-electron chi connectivity index (χ4n) is 5.36. The normalized spacial score (nSPS) is 34.4. The lowest BCUT2D eigenvalue weighted by atomic mass is 9.50. The highest BCUT2D eigenvalue weighted by atomic mass is 16.3. The number of fused-ring (bicyclic) bond motifs is 3. The molecule has 1 fully saturated rings. The molecule has 1 aromatic rings. The molecule has 1 heteroatoms. The van der Waals surface area contributed by atoms with E-state index in [1.54, 1.807) is 0 Å². The Morgan fingerprint density at radius 2 is 1.86 bits per heavy atom. The van der Waals surface area contributed by atoms with E-state index in [9.17, 15) is 5.11 Å². The number of hydrogen-bond acceptors (Lipinski definition) is 1. The molecule has 21 heavy (non-hydrogen) atoms. The van der Waals surface area contributed by atoms with Crippen LogP contribution in [0.25, 0.3) is 0 Å². The van der Waals surface area contributed by atoms with Crippen molar-refractivity contribution in [1.29, 1.82) is 0 Å². The molecule has 116 valence electrons.